The number of carbonyl (C=O) groups is 2. The van der Waals surface area contributed by atoms with Crippen LogP contribution in [-0.4, -0.2) is 52.2 Å². The number of hydrogen-bond donors (Lipinski definition) is 1. The Morgan fingerprint density at radius 3 is 2.91 bits per heavy atom. The number of amides is 2. The highest BCUT2D eigenvalue weighted by Gasteiger charge is 2.39. The van der Waals surface area contributed by atoms with Crippen LogP contribution in [0.15, 0.2) is 42.6 Å². The number of cyclic esters (lactones) is 1. The van der Waals surface area contributed by atoms with Crippen LogP contribution in [0.25, 0.3) is 10.6 Å². The zero-order valence-electron chi connectivity index (χ0n) is 18.5. The number of nitrogens with one attached hydrogen (secondary N) is 1. The maximum atomic E-state index is 13.0. The average molecular weight is 499 g/mol. The van der Waals surface area contributed by atoms with E-state index in [0.29, 0.717) is 49.0 Å². The molecule has 0 unspecified atom stereocenters. The number of hydrogen-bond acceptors (Lipinski definition) is 7. The van der Waals surface area contributed by atoms with E-state index in [4.69, 9.17) is 21.1 Å². The van der Waals surface area contributed by atoms with Crippen LogP contribution in [0.5, 0.6) is 5.75 Å². The van der Waals surface area contributed by atoms with E-state index in [-0.39, 0.29) is 29.8 Å². The molecule has 0 bridgehead atoms. The number of halogens is 1. The summed E-state index contributed by atoms with van der Waals surface area (Å²) in [7, 11) is 0. The molecule has 0 spiro atoms. The quantitative estimate of drug-likeness (QED) is 0.539. The third-order valence-corrected chi connectivity index (χ3v) is 7.06. The third kappa shape index (κ3) is 5.00. The van der Waals surface area contributed by atoms with Crippen molar-refractivity contribution in [1.82, 2.24) is 20.2 Å². The van der Waals surface area contributed by atoms with E-state index in [2.05, 4.69) is 15.3 Å². The predicted molar refractivity (Wildman–Crippen MR) is 128 cm³/mol. The smallest absolute Gasteiger partial charge is 0.410 e. The van der Waals surface area contributed by atoms with Crippen molar-refractivity contribution in [3.8, 4) is 16.3 Å². The Bertz CT molecular complexity index is 1220. The zero-order chi connectivity index (χ0) is 23.7. The molecule has 1 N–H and O–H groups in total. The summed E-state index contributed by atoms with van der Waals surface area (Å²) in [6.07, 6.45) is 2.79. The number of pyridine rings is 1. The highest BCUT2D eigenvalue weighted by atomic mass is 35.5. The maximum Gasteiger partial charge on any atom is 0.410 e. The maximum absolute atomic E-state index is 13.0. The molecule has 4 heterocycles. The number of piperidine rings is 1. The lowest BCUT2D eigenvalue weighted by Crippen LogP contribution is -2.44. The molecule has 2 amide bonds. The summed E-state index contributed by atoms with van der Waals surface area (Å²) in [5.41, 5.74) is 1.84. The van der Waals surface area contributed by atoms with Crippen molar-refractivity contribution in [1.29, 1.82) is 0 Å². The Labute approximate surface area is 205 Å². The second-order valence-electron chi connectivity index (χ2n) is 8.31. The van der Waals surface area contributed by atoms with Gasteiger partial charge >= 0.3 is 6.09 Å². The first-order valence-corrected chi connectivity index (χ1v) is 12.2. The van der Waals surface area contributed by atoms with Crippen LogP contribution >= 0.6 is 22.9 Å². The van der Waals surface area contributed by atoms with E-state index in [1.807, 2.05) is 25.1 Å². The van der Waals surface area contributed by atoms with Gasteiger partial charge < -0.3 is 19.7 Å². The Hall–Kier alpha value is -3.17. The molecule has 34 heavy (non-hydrogen) atoms. The Balaban J connectivity index is 1.35. The van der Waals surface area contributed by atoms with Crippen molar-refractivity contribution in [2.24, 2.45) is 0 Å². The molecular formula is C24H23ClN4O4S. The molecule has 0 saturated carbocycles. The molecule has 5 rings (SSSR count). The van der Waals surface area contributed by atoms with E-state index < -0.39 is 0 Å². The Morgan fingerprint density at radius 1 is 1.32 bits per heavy atom. The molecule has 2 saturated heterocycles. The van der Waals surface area contributed by atoms with Crippen molar-refractivity contribution < 1.29 is 19.1 Å². The van der Waals surface area contributed by atoms with Crippen molar-refractivity contribution in [2.45, 2.75) is 38.5 Å². The number of benzene rings is 1. The largest absolute Gasteiger partial charge is 0.490 e. The Morgan fingerprint density at radius 2 is 2.15 bits per heavy atom. The van der Waals surface area contributed by atoms with E-state index in [1.165, 1.54) is 11.3 Å². The van der Waals surface area contributed by atoms with Crippen molar-refractivity contribution in [2.75, 3.05) is 13.2 Å². The van der Waals surface area contributed by atoms with Crippen LogP contribution in [0.2, 0.25) is 5.02 Å². The van der Waals surface area contributed by atoms with Gasteiger partial charge in [-0.05, 0) is 24.6 Å². The molecule has 2 fully saturated rings. The van der Waals surface area contributed by atoms with Crippen molar-refractivity contribution in [3.05, 3.63) is 63.9 Å². The molecule has 2 aliphatic rings. The second-order valence-corrected chi connectivity index (χ2v) is 9.99. The predicted octanol–water partition coefficient (Wildman–Crippen LogP) is 4.46. The SMILES string of the molecule is Cc1ncc(-c2cc(O[C@H]3CCN4C(=O)OC[C@@H]4C3)cc(C(=O)NCc3ccc(Cl)cc3)n2)s1. The van der Waals surface area contributed by atoms with Crippen molar-refractivity contribution in [3.63, 3.8) is 0 Å². The average Bonchev–Trinajstić information content (AvgIpc) is 3.43. The topological polar surface area (TPSA) is 93.6 Å². The number of aromatic nitrogens is 2. The summed E-state index contributed by atoms with van der Waals surface area (Å²) in [4.78, 5) is 36.3. The fourth-order valence-electron chi connectivity index (χ4n) is 4.13. The fraction of sp³-hybridized carbons (Fsp3) is 0.333. The van der Waals surface area contributed by atoms with Gasteiger partial charge in [0.2, 0.25) is 0 Å². The number of rotatable bonds is 6. The fourth-order valence-corrected chi connectivity index (χ4v) is 5.00. The van der Waals surface area contributed by atoms with Crippen molar-refractivity contribution >= 4 is 34.9 Å². The number of thiazole rings is 1. The standard InChI is InChI=1S/C24H23ClN4O4S/c1-14-26-12-22(34-14)20-9-19(33-18-6-7-29-17(8-18)13-32-24(29)31)10-21(28-20)23(30)27-11-15-2-4-16(25)5-3-15/h2-5,9-10,12,17-18H,6-8,11,13H2,1H3,(H,27,30)/t17-,18-/m0/s1. The van der Waals surface area contributed by atoms with Crippen LogP contribution in [0.1, 0.15) is 33.9 Å². The first-order chi connectivity index (χ1) is 16.4. The van der Waals surface area contributed by atoms with Crippen LogP contribution < -0.4 is 10.1 Å². The van der Waals surface area contributed by atoms with E-state index in [1.54, 1.807) is 29.3 Å². The Kier molecular flexibility index (Phi) is 6.38. The summed E-state index contributed by atoms with van der Waals surface area (Å²) >= 11 is 7.45. The summed E-state index contributed by atoms with van der Waals surface area (Å²) in [5, 5.41) is 4.47. The van der Waals surface area contributed by atoms with Gasteiger partial charge in [0.25, 0.3) is 5.91 Å². The molecule has 2 aromatic heterocycles. The minimum atomic E-state index is -0.299. The lowest BCUT2D eigenvalue weighted by molar-refractivity contribution is 0.0913. The molecule has 8 nitrogen and oxygen atoms in total. The van der Waals surface area contributed by atoms with E-state index in [0.717, 1.165) is 15.4 Å². The first-order valence-electron chi connectivity index (χ1n) is 11.0. The van der Waals surface area contributed by atoms with Gasteiger partial charge in [-0.15, -0.1) is 11.3 Å². The van der Waals surface area contributed by atoms with E-state index >= 15 is 0 Å². The zero-order valence-corrected chi connectivity index (χ0v) is 20.1. The highest BCUT2D eigenvalue weighted by Crippen LogP contribution is 2.31. The highest BCUT2D eigenvalue weighted by molar-refractivity contribution is 7.15. The first kappa shape index (κ1) is 22.6. The van der Waals surface area contributed by atoms with Gasteiger partial charge in [-0.3, -0.25) is 4.79 Å². The van der Waals surface area contributed by atoms with E-state index in [9.17, 15) is 9.59 Å². The minimum Gasteiger partial charge on any atom is -0.490 e. The molecule has 2 atom stereocenters. The second kappa shape index (κ2) is 9.60. The lowest BCUT2D eigenvalue weighted by Gasteiger charge is -2.32. The number of fused-ring (bicyclic) bond motifs is 1. The summed E-state index contributed by atoms with van der Waals surface area (Å²) in [5.74, 6) is 0.267. The minimum absolute atomic E-state index is 0.0267. The van der Waals surface area contributed by atoms with Gasteiger partial charge in [0.15, 0.2) is 0 Å². The monoisotopic (exact) mass is 498 g/mol. The summed E-state index contributed by atoms with van der Waals surface area (Å²) in [6, 6.07) is 10.8. The lowest BCUT2D eigenvalue weighted by atomic mass is 10.0. The number of ether oxygens (including phenoxy) is 2. The van der Waals surface area contributed by atoms with Gasteiger partial charge in [-0.25, -0.2) is 14.8 Å². The van der Waals surface area contributed by atoms with Crippen LogP contribution in [0, 0.1) is 6.92 Å². The van der Waals surface area contributed by atoms with Crippen LogP contribution in [0.3, 0.4) is 0 Å². The van der Waals surface area contributed by atoms with Gasteiger partial charge in [0, 0.05) is 49.3 Å². The molecule has 1 aromatic carbocycles. The van der Waals surface area contributed by atoms with Crippen LogP contribution in [-0.2, 0) is 11.3 Å². The molecular weight excluding hydrogens is 476 g/mol. The van der Waals surface area contributed by atoms with Gasteiger partial charge in [-0.2, -0.15) is 0 Å². The summed E-state index contributed by atoms with van der Waals surface area (Å²) < 4.78 is 11.4. The van der Waals surface area contributed by atoms with Gasteiger partial charge in [0.05, 0.1) is 21.6 Å². The number of aryl methyl sites for hydroxylation is 1. The molecule has 0 radical (unpaired) electrons. The van der Waals surface area contributed by atoms with Gasteiger partial charge in [0.1, 0.15) is 24.2 Å². The molecule has 3 aromatic rings. The van der Waals surface area contributed by atoms with Crippen LogP contribution in [0.4, 0.5) is 4.79 Å². The number of carbonyl (C=O) groups excluding carboxylic acids is 2. The molecule has 10 heteroatoms. The third-order valence-electron chi connectivity index (χ3n) is 5.88. The normalized spacial score (nSPS) is 19.5. The molecule has 0 aliphatic carbocycles. The van der Waals surface area contributed by atoms with Gasteiger partial charge in [-0.1, -0.05) is 23.7 Å². The molecule has 2 aliphatic heterocycles. The number of nitrogens with zero attached hydrogens (tertiary/aromatic N) is 3. The molecule has 176 valence electrons. The summed E-state index contributed by atoms with van der Waals surface area (Å²) in [6.45, 7) is 3.26.